The minimum atomic E-state index is -0.725. The molecule has 2 aromatic rings. The van der Waals surface area contributed by atoms with Crippen molar-refractivity contribution >= 4 is 17.4 Å². The van der Waals surface area contributed by atoms with E-state index in [1.54, 1.807) is 25.3 Å². The number of aliphatic hydroxyl groups is 1. The maximum Gasteiger partial charge on any atom is 0.295 e. The first-order chi connectivity index (χ1) is 14.8. The summed E-state index contributed by atoms with van der Waals surface area (Å²) in [7, 11) is 1.57. The highest BCUT2D eigenvalue weighted by Gasteiger charge is 2.46. The number of para-hydroxylation sites is 1. The number of amides is 1. The van der Waals surface area contributed by atoms with E-state index < -0.39 is 17.7 Å². The molecule has 6 nitrogen and oxygen atoms in total. The van der Waals surface area contributed by atoms with Gasteiger partial charge >= 0.3 is 0 Å². The van der Waals surface area contributed by atoms with Gasteiger partial charge in [0.2, 0.25) is 0 Å². The molecule has 0 bridgehead atoms. The van der Waals surface area contributed by atoms with E-state index in [1.807, 2.05) is 52.0 Å². The third kappa shape index (κ3) is 4.29. The number of aryl methyl sites for hydroxylation is 1. The van der Waals surface area contributed by atoms with Gasteiger partial charge in [-0.2, -0.15) is 0 Å². The number of hydrogen-bond donors (Lipinski definition) is 1. The molecule has 31 heavy (non-hydrogen) atoms. The second-order valence-corrected chi connectivity index (χ2v) is 7.88. The molecule has 0 saturated carbocycles. The summed E-state index contributed by atoms with van der Waals surface area (Å²) in [4.78, 5) is 27.5. The van der Waals surface area contributed by atoms with E-state index in [1.165, 1.54) is 4.90 Å². The van der Waals surface area contributed by atoms with Crippen molar-refractivity contribution < 1.29 is 24.2 Å². The largest absolute Gasteiger partial charge is 0.507 e. The molecule has 0 aliphatic carbocycles. The monoisotopic (exact) mass is 423 g/mol. The summed E-state index contributed by atoms with van der Waals surface area (Å²) in [6.07, 6.45) is 0.595. The Morgan fingerprint density at radius 3 is 2.45 bits per heavy atom. The lowest BCUT2D eigenvalue weighted by molar-refractivity contribution is -0.139. The molecule has 1 unspecified atom stereocenters. The number of Topliss-reactive ketones (excluding diaryl/α,β-unsaturated/α-hetero) is 1. The van der Waals surface area contributed by atoms with Crippen LogP contribution < -0.4 is 9.47 Å². The van der Waals surface area contributed by atoms with E-state index in [-0.39, 0.29) is 17.4 Å². The van der Waals surface area contributed by atoms with Crippen molar-refractivity contribution in [2.45, 2.75) is 46.3 Å². The molecule has 0 spiro atoms. The van der Waals surface area contributed by atoms with Crippen LogP contribution >= 0.6 is 0 Å². The lowest BCUT2D eigenvalue weighted by Crippen LogP contribution is -2.30. The first-order valence-electron chi connectivity index (χ1n) is 10.5. The summed E-state index contributed by atoms with van der Waals surface area (Å²) < 4.78 is 11.3. The molecular formula is C25H29NO5. The highest BCUT2D eigenvalue weighted by atomic mass is 16.5. The van der Waals surface area contributed by atoms with Crippen molar-refractivity contribution in [1.82, 2.24) is 4.90 Å². The van der Waals surface area contributed by atoms with Crippen LogP contribution in [0, 0.1) is 6.92 Å². The zero-order chi connectivity index (χ0) is 22.7. The second-order valence-electron chi connectivity index (χ2n) is 7.88. The minimum absolute atomic E-state index is 0.0721. The van der Waals surface area contributed by atoms with Crippen LogP contribution in [0.15, 0.2) is 48.0 Å². The molecule has 6 heteroatoms. The number of ether oxygens (including phenoxy) is 2. The fourth-order valence-electron chi connectivity index (χ4n) is 3.92. The Kier molecular flexibility index (Phi) is 6.68. The number of aliphatic hydroxyl groups excluding tert-OH is 1. The molecule has 1 aliphatic rings. The van der Waals surface area contributed by atoms with Gasteiger partial charge in [0.05, 0.1) is 24.8 Å². The number of hydrogen-bond acceptors (Lipinski definition) is 5. The van der Waals surface area contributed by atoms with Gasteiger partial charge in [0, 0.05) is 17.7 Å². The van der Waals surface area contributed by atoms with Gasteiger partial charge < -0.3 is 19.5 Å². The number of ketones is 1. The quantitative estimate of drug-likeness (QED) is 0.399. The third-order valence-electron chi connectivity index (χ3n) is 5.25. The van der Waals surface area contributed by atoms with Crippen LogP contribution in [-0.2, 0) is 9.59 Å². The number of methoxy groups -OCH3 is 1. The maximum atomic E-state index is 13.1. The third-order valence-corrected chi connectivity index (χ3v) is 5.25. The molecule has 0 aromatic heterocycles. The maximum absolute atomic E-state index is 13.1. The van der Waals surface area contributed by atoms with Gasteiger partial charge in [-0.15, -0.1) is 0 Å². The molecular weight excluding hydrogens is 394 g/mol. The molecule has 1 atom stereocenters. The van der Waals surface area contributed by atoms with Crippen molar-refractivity contribution in [2.24, 2.45) is 0 Å². The van der Waals surface area contributed by atoms with Crippen LogP contribution in [0.3, 0.4) is 0 Å². The fraction of sp³-hybridized carbons (Fsp3) is 0.360. The summed E-state index contributed by atoms with van der Waals surface area (Å²) in [5, 5.41) is 11.2. The molecule has 2 aromatic carbocycles. The Bertz CT molecular complexity index is 1020. The molecule has 1 fully saturated rings. The lowest BCUT2D eigenvalue weighted by atomic mass is 9.94. The van der Waals surface area contributed by atoms with E-state index in [0.717, 1.165) is 5.56 Å². The van der Waals surface area contributed by atoms with Crippen LogP contribution in [0.25, 0.3) is 5.76 Å². The smallest absolute Gasteiger partial charge is 0.295 e. The first kappa shape index (κ1) is 22.4. The van der Waals surface area contributed by atoms with Gasteiger partial charge in [0.1, 0.15) is 17.3 Å². The Labute approximate surface area is 183 Å². The second kappa shape index (κ2) is 9.25. The van der Waals surface area contributed by atoms with Crippen LogP contribution in [0.2, 0.25) is 0 Å². The predicted octanol–water partition coefficient (Wildman–Crippen LogP) is 4.62. The summed E-state index contributed by atoms with van der Waals surface area (Å²) in [6, 6.07) is 11.8. The van der Waals surface area contributed by atoms with E-state index in [0.29, 0.717) is 35.6 Å². The normalized spacial score (nSPS) is 18.0. The van der Waals surface area contributed by atoms with Crippen LogP contribution in [0.4, 0.5) is 0 Å². The highest BCUT2D eigenvalue weighted by molar-refractivity contribution is 6.46. The lowest BCUT2D eigenvalue weighted by Gasteiger charge is -2.27. The number of rotatable bonds is 7. The van der Waals surface area contributed by atoms with Crippen molar-refractivity contribution in [1.29, 1.82) is 0 Å². The van der Waals surface area contributed by atoms with Gasteiger partial charge in [-0.05, 0) is 57.0 Å². The number of carbonyl (C=O) groups excluding carboxylic acids is 2. The number of carbonyl (C=O) groups is 2. The number of nitrogens with zero attached hydrogens (tertiary/aromatic N) is 1. The summed E-state index contributed by atoms with van der Waals surface area (Å²) in [5.41, 5.74) is 2.02. The molecule has 1 amide bonds. The van der Waals surface area contributed by atoms with Crippen molar-refractivity contribution in [3.8, 4) is 11.5 Å². The van der Waals surface area contributed by atoms with Crippen molar-refractivity contribution in [2.75, 3.05) is 13.7 Å². The van der Waals surface area contributed by atoms with Gasteiger partial charge in [-0.25, -0.2) is 0 Å². The summed E-state index contributed by atoms with van der Waals surface area (Å²) >= 11 is 0. The average molecular weight is 424 g/mol. The summed E-state index contributed by atoms with van der Waals surface area (Å²) in [5.74, 6) is -0.244. The molecule has 3 rings (SSSR count). The van der Waals surface area contributed by atoms with Gasteiger partial charge in [-0.1, -0.05) is 25.1 Å². The van der Waals surface area contributed by atoms with E-state index in [4.69, 9.17) is 9.47 Å². The molecule has 1 saturated heterocycles. The van der Waals surface area contributed by atoms with Crippen molar-refractivity contribution in [3.05, 3.63) is 64.7 Å². The fourth-order valence-corrected chi connectivity index (χ4v) is 3.92. The van der Waals surface area contributed by atoms with Gasteiger partial charge in [0.25, 0.3) is 11.7 Å². The zero-order valence-electron chi connectivity index (χ0n) is 18.6. The predicted molar refractivity (Wildman–Crippen MR) is 119 cm³/mol. The molecule has 1 heterocycles. The Hall–Kier alpha value is -3.28. The summed E-state index contributed by atoms with van der Waals surface area (Å²) in [6.45, 7) is 8.03. The Morgan fingerprint density at radius 1 is 1.13 bits per heavy atom. The van der Waals surface area contributed by atoms with Crippen LogP contribution in [0.5, 0.6) is 11.5 Å². The minimum Gasteiger partial charge on any atom is -0.507 e. The number of likely N-dealkylation sites (tertiary alicyclic amines) is 1. The SMILES string of the molecule is CCCN1C(=O)C(=O)/C(=C(\O)c2ccc(OC)c(C)c2)C1c1ccccc1OC(C)C. The number of benzene rings is 2. The highest BCUT2D eigenvalue weighted by Crippen LogP contribution is 2.43. The van der Waals surface area contributed by atoms with Crippen LogP contribution in [0.1, 0.15) is 49.9 Å². The molecule has 1 aliphatic heterocycles. The van der Waals surface area contributed by atoms with E-state index >= 15 is 0 Å². The Morgan fingerprint density at radius 2 is 1.84 bits per heavy atom. The Balaban J connectivity index is 2.22. The van der Waals surface area contributed by atoms with E-state index in [9.17, 15) is 14.7 Å². The molecule has 1 N–H and O–H groups in total. The first-order valence-corrected chi connectivity index (χ1v) is 10.5. The van der Waals surface area contributed by atoms with Crippen molar-refractivity contribution in [3.63, 3.8) is 0 Å². The van der Waals surface area contributed by atoms with Gasteiger partial charge in [-0.3, -0.25) is 9.59 Å². The van der Waals surface area contributed by atoms with E-state index in [2.05, 4.69) is 0 Å². The standard InChI is InChI=1S/C25H29NO5/c1-6-13-26-22(18-9-7-8-10-20(18)31-15(2)3)21(24(28)25(26)29)23(27)17-11-12-19(30-5)16(4)14-17/h7-12,14-15,22,27H,6,13H2,1-5H3/b23-21-. The average Bonchev–Trinajstić information content (AvgIpc) is 2.98. The topological polar surface area (TPSA) is 76.1 Å². The zero-order valence-corrected chi connectivity index (χ0v) is 18.6. The molecule has 164 valence electrons. The van der Waals surface area contributed by atoms with Gasteiger partial charge in [0.15, 0.2) is 0 Å². The van der Waals surface area contributed by atoms with Crippen LogP contribution in [-0.4, -0.2) is 41.5 Å². The molecule has 0 radical (unpaired) electrons.